The van der Waals surface area contributed by atoms with Crippen LogP contribution in [0.4, 0.5) is 5.69 Å². The fraction of sp³-hybridized carbons (Fsp3) is 0.0667. The summed E-state index contributed by atoms with van der Waals surface area (Å²) in [5.74, 6) is 0. The van der Waals surface area contributed by atoms with Gasteiger partial charge in [0.1, 0.15) is 0 Å². The first-order valence-corrected chi connectivity index (χ1v) is 6.02. The molecule has 2 aromatic carbocycles. The molecular weight excluding hydrogens is 240 g/mol. The van der Waals surface area contributed by atoms with E-state index in [2.05, 4.69) is 5.32 Å². The molecule has 0 spiro atoms. The first kappa shape index (κ1) is 11.5. The monoisotopic (exact) mass is 252 g/mol. The van der Waals surface area contributed by atoms with E-state index in [-0.39, 0.29) is 4.92 Å². The van der Waals surface area contributed by atoms with E-state index in [9.17, 15) is 10.1 Å². The van der Waals surface area contributed by atoms with E-state index >= 15 is 0 Å². The van der Waals surface area contributed by atoms with Gasteiger partial charge in [-0.25, -0.2) is 0 Å². The van der Waals surface area contributed by atoms with Crippen molar-refractivity contribution in [3.63, 3.8) is 0 Å². The van der Waals surface area contributed by atoms with Crippen molar-refractivity contribution in [2.75, 3.05) is 5.32 Å². The Kier molecular flexibility index (Phi) is 2.76. The lowest BCUT2D eigenvalue weighted by Crippen LogP contribution is -2.15. The van der Waals surface area contributed by atoms with Crippen LogP contribution in [0.2, 0.25) is 0 Å². The minimum Gasteiger partial charge on any atom is -0.353 e. The second-order valence-corrected chi connectivity index (χ2v) is 4.41. The Hall–Kier alpha value is -2.62. The molecule has 4 nitrogen and oxygen atoms in total. The average Bonchev–Trinajstić information content (AvgIpc) is 2.77. The van der Waals surface area contributed by atoms with E-state index in [1.54, 1.807) is 6.07 Å². The second kappa shape index (κ2) is 4.57. The highest BCUT2D eigenvalue weighted by Crippen LogP contribution is 2.36. The van der Waals surface area contributed by atoms with E-state index in [1.807, 2.05) is 54.6 Å². The molecule has 3 rings (SSSR count). The minimum absolute atomic E-state index is 0.256. The van der Waals surface area contributed by atoms with Gasteiger partial charge in [0.25, 0.3) is 6.04 Å². The lowest BCUT2D eigenvalue weighted by molar-refractivity contribution is -0.517. The van der Waals surface area contributed by atoms with Crippen LogP contribution in [0.5, 0.6) is 0 Å². The van der Waals surface area contributed by atoms with Gasteiger partial charge >= 0.3 is 0 Å². The van der Waals surface area contributed by atoms with Gasteiger partial charge in [-0.3, -0.25) is 10.1 Å². The maximum Gasteiger partial charge on any atom is 0.278 e. The Morgan fingerprint density at radius 3 is 2.42 bits per heavy atom. The minimum atomic E-state index is -0.809. The van der Waals surface area contributed by atoms with Crippen LogP contribution < -0.4 is 5.32 Å². The molecule has 2 aromatic rings. The predicted molar refractivity (Wildman–Crippen MR) is 74.2 cm³/mol. The van der Waals surface area contributed by atoms with Crippen molar-refractivity contribution in [3.8, 4) is 0 Å². The van der Waals surface area contributed by atoms with Crippen molar-refractivity contribution in [2.45, 2.75) is 6.04 Å². The van der Waals surface area contributed by atoms with Crippen molar-refractivity contribution >= 4 is 11.8 Å². The fourth-order valence-electron chi connectivity index (χ4n) is 2.33. The van der Waals surface area contributed by atoms with Gasteiger partial charge in [0.15, 0.2) is 0 Å². The van der Waals surface area contributed by atoms with Gasteiger partial charge in [0.05, 0.1) is 5.70 Å². The molecule has 4 heteroatoms. The summed E-state index contributed by atoms with van der Waals surface area (Å²) in [6.07, 6.45) is 1.84. The van der Waals surface area contributed by atoms with Crippen molar-refractivity contribution in [3.05, 3.63) is 81.5 Å². The quantitative estimate of drug-likeness (QED) is 0.672. The zero-order chi connectivity index (χ0) is 13.2. The predicted octanol–water partition coefficient (Wildman–Crippen LogP) is 3.47. The Labute approximate surface area is 110 Å². The zero-order valence-electron chi connectivity index (χ0n) is 10.1. The molecule has 1 aliphatic rings. The SMILES string of the molecule is O=[N+]([O-])C1C(Nc2ccccc2)=Cc2ccccc21. The molecule has 94 valence electrons. The molecule has 1 atom stereocenters. The molecule has 0 heterocycles. The lowest BCUT2D eigenvalue weighted by Gasteiger charge is -2.11. The van der Waals surface area contributed by atoms with Crippen molar-refractivity contribution < 1.29 is 4.92 Å². The third-order valence-electron chi connectivity index (χ3n) is 3.17. The van der Waals surface area contributed by atoms with E-state index in [0.717, 1.165) is 16.8 Å². The highest BCUT2D eigenvalue weighted by molar-refractivity contribution is 5.69. The molecule has 1 N–H and O–H groups in total. The Balaban J connectivity index is 1.96. The third kappa shape index (κ3) is 2.08. The van der Waals surface area contributed by atoms with Gasteiger partial charge in [0.2, 0.25) is 0 Å². The highest BCUT2D eigenvalue weighted by atomic mass is 16.6. The largest absolute Gasteiger partial charge is 0.353 e. The molecule has 0 bridgehead atoms. The number of nitrogens with one attached hydrogen (secondary N) is 1. The van der Waals surface area contributed by atoms with Crippen LogP contribution in [0, 0.1) is 10.1 Å². The van der Waals surface area contributed by atoms with Crippen LogP contribution in [-0.4, -0.2) is 4.92 Å². The van der Waals surface area contributed by atoms with Crippen LogP contribution >= 0.6 is 0 Å². The molecule has 1 unspecified atom stereocenters. The summed E-state index contributed by atoms with van der Waals surface area (Å²) in [7, 11) is 0. The molecule has 0 saturated heterocycles. The smallest absolute Gasteiger partial charge is 0.278 e. The number of para-hydroxylation sites is 1. The number of fused-ring (bicyclic) bond motifs is 1. The van der Waals surface area contributed by atoms with E-state index < -0.39 is 6.04 Å². The van der Waals surface area contributed by atoms with Gasteiger partial charge in [-0.15, -0.1) is 0 Å². The van der Waals surface area contributed by atoms with Gasteiger partial charge in [-0.1, -0.05) is 42.5 Å². The molecule has 0 fully saturated rings. The standard InChI is InChI=1S/C15H12N2O2/c18-17(19)15-13-9-5-4-6-11(13)10-14(15)16-12-7-2-1-3-8-12/h1-10,15-16H. The summed E-state index contributed by atoms with van der Waals surface area (Å²) in [4.78, 5) is 11.0. The van der Waals surface area contributed by atoms with Crippen LogP contribution in [0.15, 0.2) is 60.3 Å². The van der Waals surface area contributed by atoms with Crippen molar-refractivity contribution in [1.82, 2.24) is 0 Å². The number of anilines is 1. The summed E-state index contributed by atoms with van der Waals surface area (Å²) in [5.41, 5.74) is 3.11. The van der Waals surface area contributed by atoms with E-state index in [4.69, 9.17) is 0 Å². The molecule has 0 aliphatic heterocycles. The first-order valence-electron chi connectivity index (χ1n) is 6.02. The van der Waals surface area contributed by atoms with Crippen LogP contribution in [0.3, 0.4) is 0 Å². The number of hydrogen-bond donors (Lipinski definition) is 1. The summed E-state index contributed by atoms with van der Waals surface area (Å²) in [5, 5.41) is 14.4. The van der Waals surface area contributed by atoms with Crippen LogP contribution in [0.1, 0.15) is 17.2 Å². The Bertz CT molecular complexity index is 650. The van der Waals surface area contributed by atoms with Crippen LogP contribution in [-0.2, 0) is 0 Å². The van der Waals surface area contributed by atoms with E-state index in [1.165, 1.54) is 0 Å². The molecule has 19 heavy (non-hydrogen) atoms. The molecule has 0 radical (unpaired) electrons. The maximum atomic E-state index is 11.3. The topological polar surface area (TPSA) is 55.2 Å². The maximum absolute atomic E-state index is 11.3. The van der Waals surface area contributed by atoms with Crippen LogP contribution in [0.25, 0.3) is 6.08 Å². The number of nitro groups is 1. The summed E-state index contributed by atoms with van der Waals surface area (Å²) in [6.45, 7) is 0. The van der Waals surface area contributed by atoms with Crippen molar-refractivity contribution in [2.24, 2.45) is 0 Å². The number of nitrogens with zero attached hydrogens (tertiary/aromatic N) is 1. The van der Waals surface area contributed by atoms with Gasteiger partial charge in [-0.2, -0.15) is 0 Å². The number of hydrogen-bond acceptors (Lipinski definition) is 3. The molecular formula is C15H12N2O2. The molecule has 0 saturated carbocycles. The molecule has 0 amide bonds. The van der Waals surface area contributed by atoms with Gasteiger partial charge in [0, 0.05) is 16.2 Å². The molecule has 0 aromatic heterocycles. The average molecular weight is 252 g/mol. The molecule has 1 aliphatic carbocycles. The van der Waals surface area contributed by atoms with Gasteiger partial charge in [-0.05, 0) is 23.8 Å². The number of rotatable bonds is 3. The van der Waals surface area contributed by atoms with Crippen molar-refractivity contribution in [1.29, 1.82) is 0 Å². The lowest BCUT2D eigenvalue weighted by atomic mass is 10.1. The van der Waals surface area contributed by atoms with Gasteiger partial charge < -0.3 is 5.32 Å². The summed E-state index contributed by atoms with van der Waals surface area (Å²) < 4.78 is 0. The second-order valence-electron chi connectivity index (χ2n) is 4.41. The number of benzene rings is 2. The normalized spacial score (nSPS) is 16.6. The van der Waals surface area contributed by atoms with E-state index in [0.29, 0.717) is 5.70 Å². The fourth-order valence-corrected chi connectivity index (χ4v) is 2.33. The summed E-state index contributed by atoms with van der Waals surface area (Å²) in [6, 6.07) is 16.1. The Morgan fingerprint density at radius 2 is 1.68 bits per heavy atom. The highest BCUT2D eigenvalue weighted by Gasteiger charge is 2.34. The zero-order valence-corrected chi connectivity index (χ0v) is 10.1. The third-order valence-corrected chi connectivity index (χ3v) is 3.17. The summed E-state index contributed by atoms with van der Waals surface area (Å²) >= 11 is 0. The first-order chi connectivity index (χ1) is 9.25. The Morgan fingerprint density at radius 1 is 1.00 bits per heavy atom.